The highest BCUT2D eigenvalue weighted by atomic mass is 35.5. The molecule has 2 aliphatic rings. The van der Waals surface area contributed by atoms with Crippen molar-refractivity contribution in [1.29, 1.82) is 0 Å². The monoisotopic (exact) mass is 436 g/mol. The molecule has 0 aliphatic carbocycles. The molecule has 2 aliphatic heterocycles. The van der Waals surface area contributed by atoms with Crippen LogP contribution in [-0.4, -0.2) is 46.2 Å². The predicted octanol–water partition coefficient (Wildman–Crippen LogP) is 2.59. The van der Waals surface area contributed by atoms with Crippen molar-refractivity contribution in [2.75, 3.05) is 24.0 Å². The highest BCUT2D eigenvalue weighted by molar-refractivity contribution is 7.92. The maximum atomic E-state index is 13.3. The van der Waals surface area contributed by atoms with Crippen LogP contribution in [0, 0.1) is 0 Å². The average molecular weight is 437 g/mol. The second-order valence-corrected chi connectivity index (χ2v) is 9.24. The Kier molecular flexibility index (Phi) is 5.67. The molecule has 2 atom stereocenters. The average Bonchev–Trinajstić information content (AvgIpc) is 3.25. The second-order valence-electron chi connectivity index (χ2n) is 6.94. The first-order valence-electron chi connectivity index (χ1n) is 9.38. The van der Waals surface area contributed by atoms with Crippen molar-refractivity contribution >= 4 is 33.2 Å². The normalized spacial score (nSPS) is 21.3. The van der Waals surface area contributed by atoms with E-state index in [2.05, 4.69) is 5.32 Å². The lowest BCUT2D eigenvalue weighted by Gasteiger charge is -2.34. The Morgan fingerprint density at radius 3 is 2.66 bits per heavy atom. The number of benzene rings is 2. The molecule has 2 aromatic rings. The van der Waals surface area contributed by atoms with E-state index in [0.29, 0.717) is 29.6 Å². The molecule has 154 valence electrons. The Balaban J connectivity index is 1.59. The maximum Gasteiger partial charge on any atom is 0.264 e. The summed E-state index contributed by atoms with van der Waals surface area (Å²) in [7, 11) is -3.90. The molecule has 2 aromatic carbocycles. The third-order valence-corrected chi connectivity index (χ3v) is 7.00. The lowest BCUT2D eigenvalue weighted by atomic mass is 10.2. The highest BCUT2D eigenvalue weighted by Crippen LogP contribution is 2.36. The van der Waals surface area contributed by atoms with Gasteiger partial charge in [-0.2, -0.15) is 0 Å². The predicted molar refractivity (Wildman–Crippen MR) is 109 cm³/mol. The third kappa shape index (κ3) is 4.19. The van der Waals surface area contributed by atoms with Gasteiger partial charge in [0.2, 0.25) is 0 Å². The van der Waals surface area contributed by atoms with Gasteiger partial charge in [-0.1, -0.05) is 23.7 Å². The Labute approximate surface area is 174 Å². The Hall–Kier alpha value is -2.29. The molecular weight excluding hydrogens is 416 g/mol. The summed E-state index contributed by atoms with van der Waals surface area (Å²) < 4.78 is 39.1. The van der Waals surface area contributed by atoms with Gasteiger partial charge in [0.25, 0.3) is 15.9 Å². The number of halogens is 1. The molecule has 1 N–H and O–H groups in total. The minimum atomic E-state index is -3.90. The lowest BCUT2D eigenvalue weighted by Crippen LogP contribution is -2.51. The van der Waals surface area contributed by atoms with Gasteiger partial charge in [0.05, 0.1) is 23.2 Å². The van der Waals surface area contributed by atoms with Gasteiger partial charge >= 0.3 is 0 Å². The minimum absolute atomic E-state index is 0.0104. The van der Waals surface area contributed by atoms with Gasteiger partial charge in [-0.05, 0) is 49.2 Å². The van der Waals surface area contributed by atoms with E-state index in [9.17, 15) is 13.2 Å². The first kappa shape index (κ1) is 20.0. The Morgan fingerprint density at radius 2 is 1.93 bits per heavy atom. The summed E-state index contributed by atoms with van der Waals surface area (Å²) in [5.41, 5.74) is 0.394. The molecule has 2 heterocycles. The van der Waals surface area contributed by atoms with Gasteiger partial charge in [-0.15, -0.1) is 0 Å². The van der Waals surface area contributed by atoms with E-state index in [-0.39, 0.29) is 23.5 Å². The van der Waals surface area contributed by atoms with Crippen LogP contribution in [0.15, 0.2) is 53.4 Å². The number of rotatable bonds is 5. The number of anilines is 1. The largest absolute Gasteiger partial charge is 0.476 e. The highest BCUT2D eigenvalue weighted by Gasteiger charge is 2.37. The van der Waals surface area contributed by atoms with Crippen LogP contribution in [0.2, 0.25) is 5.02 Å². The molecule has 0 unspecified atom stereocenters. The molecule has 1 fully saturated rings. The fourth-order valence-electron chi connectivity index (χ4n) is 3.43. The number of sulfonamides is 1. The first-order valence-corrected chi connectivity index (χ1v) is 11.2. The zero-order valence-corrected chi connectivity index (χ0v) is 17.2. The van der Waals surface area contributed by atoms with Crippen LogP contribution in [0.25, 0.3) is 0 Å². The molecule has 0 radical (unpaired) electrons. The van der Waals surface area contributed by atoms with Gasteiger partial charge in [0, 0.05) is 18.2 Å². The number of ether oxygens (including phenoxy) is 2. The second kappa shape index (κ2) is 8.22. The van der Waals surface area contributed by atoms with Crippen molar-refractivity contribution in [3.63, 3.8) is 0 Å². The van der Waals surface area contributed by atoms with E-state index in [1.807, 2.05) is 0 Å². The van der Waals surface area contributed by atoms with Gasteiger partial charge < -0.3 is 14.8 Å². The quantitative estimate of drug-likeness (QED) is 0.778. The van der Waals surface area contributed by atoms with Crippen LogP contribution in [0.1, 0.15) is 12.8 Å². The van der Waals surface area contributed by atoms with Crippen LogP contribution >= 0.6 is 11.6 Å². The van der Waals surface area contributed by atoms with Crippen LogP contribution in [0.5, 0.6) is 5.75 Å². The molecular formula is C20H21ClN2O5S. The molecule has 7 nitrogen and oxygen atoms in total. The lowest BCUT2D eigenvalue weighted by molar-refractivity contribution is -0.128. The number of nitrogens with zero attached hydrogens (tertiary/aromatic N) is 1. The van der Waals surface area contributed by atoms with Crippen molar-refractivity contribution in [2.45, 2.75) is 29.9 Å². The molecule has 4 rings (SSSR count). The summed E-state index contributed by atoms with van der Waals surface area (Å²) in [6.45, 7) is 0.949. The van der Waals surface area contributed by atoms with Crippen molar-refractivity contribution < 1.29 is 22.7 Å². The number of hydrogen-bond donors (Lipinski definition) is 1. The van der Waals surface area contributed by atoms with Crippen molar-refractivity contribution in [3.05, 3.63) is 53.6 Å². The Morgan fingerprint density at radius 1 is 1.17 bits per heavy atom. The number of carbonyl (C=O) groups excluding carboxylic acids is 1. The van der Waals surface area contributed by atoms with Crippen LogP contribution < -0.4 is 14.4 Å². The number of fused-ring (bicyclic) bond motifs is 1. The van der Waals surface area contributed by atoms with Crippen LogP contribution in [0.4, 0.5) is 5.69 Å². The summed E-state index contributed by atoms with van der Waals surface area (Å²) in [5, 5.41) is 3.26. The first-order chi connectivity index (χ1) is 13.9. The fraction of sp³-hybridized carbons (Fsp3) is 0.350. The van der Waals surface area contributed by atoms with Crippen molar-refractivity contribution in [1.82, 2.24) is 5.32 Å². The van der Waals surface area contributed by atoms with Gasteiger partial charge in [-0.25, -0.2) is 8.42 Å². The van der Waals surface area contributed by atoms with E-state index < -0.39 is 16.1 Å². The van der Waals surface area contributed by atoms with Gasteiger partial charge in [0.15, 0.2) is 6.10 Å². The van der Waals surface area contributed by atoms with E-state index in [4.69, 9.17) is 21.1 Å². The summed E-state index contributed by atoms with van der Waals surface area (Å²) in [4.78, 5) is 12.8. The minimum Gasteiger partial charge on any atom is -0.476 e. The molecule has 0 aromatic heterocycles. The molecule has 29 heavy (non-hydrogen) atoms. The van der Waals surface area contributed by atoms with E-state index in [0.717, 1.165) is 12.8 Å². The zero-order chi connectivity index (χ0) is 20.4. The number of carbonyl (C=O) groups is 1. The van der Waals surface area contributed by atoms with Gasteiger partial charge in [-0.3, -0.25) is 9.10 Å². The number of hydrogen-bond acceptors (Lipinski definition) is 5. The van der Waals surface area contributed by atoms with E-state index >= 15 is 0 Å². The van der Waals surface area contributed by atoms with E-state index in [1.54, 1.807) is 24.3 Å². The Bertz CT molecular complexity index is 990. The SMILES string of the molecule is O=C(NC[C@@H]1CCCO1)[C@@H]1CN(S(=O)(=O)c2ccc(Cl)cc2)c2ccccc2O1. The van der Waals surface area contributed by atoms with Crippen molar-refractivity contribution in [3.8, 4) is 5.75 Å². The number of amides is 1. The maximum absolute atomic E-state index is 13.3. The van der Waals surface area contributed by atoms with Crippen molar-refractivity contribution in [2.24, 2.45) is 0 Å². The molecule has 0 bridgehead atoms. The summed E-state index contributed by atoms with van der Waals surface area (Å²) in [6, 6.07) is 12.7. The fourth-order valence-corrected chi connectivity index (χ4v) is 5.04. The molecule has 1 amide bonds. The summed E-state index contributed by atoms with van der Waals surface area (Å²) in [5.74, 6) is -0.0279. The van der Waals surface area contributed by atoms with Crippen LogP contribution in [0.3, 0.4) is 0 Å². The molecule has 1 saturated heterocycles. The molecule has 9 heteroatoms. The number of nitrogens with one attached hydrogen (secondary N) is 1. The van der Waals surface area contributed by atoms with Crippen LogP contribution in [-0.2, 0) is 19.6 Å². The summed E-state index contributed by atoms with van der Waals surface area (Å²) in [6.07, 6.45) is 0.893. The zero-order valence-electron chi connectivity index (χ0n) is 15.6. The standard InChI is InChI=1S/C20H21ClN2O5S/c21-14-7-9-16(10-8-14)29(25,26)23-13-19(28-18-6-2-1-5-17(18)23)20(24)22-12-15-4-3-11-27-15/h1-2,5-10,15,19H,3-4,11-13H2,(H,22,24)/t15-,19-/m0/s1. The molecule has 0 spiro atoms. The third-order valence-electron chi connectivity index (χ3n) is 4.96. The van der Waals surface area contributed by atoms with Gasteiger partial charge in [0.1, 0.15) is 5.75 Å². The topological polar surface area (TPSA) is 84.9 Å². The van der Waals surface area contributed by atoms with E-state index in [1.165, 1.54) is 28.6 Å². The number of para-hydroxylation sites is 2. The summed E-state index contributed by atoms with van der Waals surface area (Å²) >= 11 is 5.89. The molecule has 0 saturated carbocycles. The smallest absolute Gasteiger partial charge is 0.264 e.